The van der Waals surface area contributed by atoms with E-state index in [1.54, 1.807) is 0 Å². The Bertz CT molecular complexity index is 397. The van der Waals surface area contributed by atoms with Crippen LogP contribution in [0.4, 0.5) is 0 Å². The van der Waals surface area contributed by atoms with Gasteiger partial charge in [0.25, 0.3) is 0 Å². The van der Waals surface area contributed by atoms with E-state index < -0.39 is 21.7 Å². The molecule has 1 aromatic heterocycles. The molecule has 0 aliphatic heterocycles. The van der Waals surface area contributed by atoms with Gasteiger partial charge < -0.3 is 9.63 Å². The van der Waals surface area contributed by atoms with Gasteiger partial charge in [0.2, 0.25) is 16.4 Å². The van der Waals surface area contributed by atoms with Crippen LogP contribution >= 0.6 is 0 Å². The van der Waals surface area contributed by atoms with Crippen molar-refractivity contribution in [3.63, 3.8) is 0 Å². The van der Waals surface area contributed by atoms with Crippen LogP contribution < -0.4 is 4.72 Å². The van der Waals surface area contributed by atoms with Crippen LogP contribution in [0, 0.1) is 0 Å². The van der Waals surface area contributed by atoms with Gasteiger partial charge in [-0.05, 0) is 0 Å². The van der Waals surface area contributed by atoms with Crippen LogP contribution in [-0.4, -0.2) is 35.4 Å². The van der Waals surface area contributed by atoms with Crippen LogP contribution in [0.3, 0.4) is 0 Å². The van der Waals surface area contributed by atoms with Gasteiger partial charge in [-0.1, -0.05) is 5.16 Å². The summed E-state index contributed by atoms with van der Waals surface area (Å²) in [4.78, 5) is 13.7. The summed E-state index contributed by atoms with van der Waals surface area (Å²) in [6, 6.07) is 0. The third-order valence-corrected chi connectivity index (χ3v) is 2.38. The number of carboxylic acids is 1. The van der Waals surface area contributed by atoms with Crippen LogP contribution in [0.5, 0.6) is 0 Å². The molecule has 0 unspecified atom stereocenters. The van der Waals surface area contributed by atoms with Crippen molar-refractivity contribution in [2.24, 2.45) is 0 Å². The molecule has 0 aromatic carbocycles. The van der Waals surface area contributed by atoms with E-state index in [-0.39, 0.29) is 12.4 Å². The molecular formula is C5H7N3O5S. The minimum Gasteiger partial charge on any atom is -0.480 e. The second-order valence-electron chi connectivity index (χ2n) is 2.32. The van der Waals surface area contributed by atoms with Crippen molar-refractivity contribution in [1.29, 1.82) is 0 Å². The van der Waals surface area contributed by atoms with Crippen molar-refractivity contribution >= 4 is 16.0 Å². The summed E-state index contributed by atoms with van der Waals surface area (Å²) in [7, 11) is -3.83. The highest BCUT2D eigenvalue weighted by molar-refractivity contribution is 7.90. The van der Waals surface area contributed by atoms with E-state index in [0.717, 1.165) is 6.39 Å². The molecule has 14 heavy (non-hydrogen) atoms. The molecule has 0 atom stereocenters. The molecular weight excluding hydrogens is 214 g/mol. The standard InChI is InChI=1S/C5H7N3O5S/c9-5(10)2-14(11,12)7-1-4-6-3-13-8-4/h3,7H,1-2H2,(H,9,10). The first-order valence-electron chi connectivity index (χ1n) is 3.44. The molecule has 78 valence electrons. The molecule has 1 aromatic rings. The van der Waals surface area contributed by atoms with E-state index in [0.29, 0.717) is 0 Å². The zero-order chi connectivity index (χ0) is 10.6. The average Bonchev–Trinajstić information content (AvgIpc) is 2.50. The number of nitrogens with zero attached hydrogens (tertiary/aromatic N) is 2. The maximum Gasteiger partial charge on any atom is 0.320 e. The fourth-order valence-electron chi connectivity index (χ4n) is 0.658. The lowest BCUT2D eigenvalue weighted by atomic mass is 10.6. The highest BCUT2D eigenvalue weighted by Gasteiger charge is 2.15. The summed E-state index contributed by atoms with van der Waals surface area (Å²) in [6.45, 7) is -0.188. The van der Waals surface area contributed by atoms with Gasteiger partial charge in [-0.3, -0.25) is 4.79 Å². The van der Waals surface area contributed by atoms with Gasteiger partial charge in [0.05, 0.1) is 6.54 Å². The first-order chi connectivity index (χ1) is 6.49. The normalized spacial score (nSPS) is 11.4. The van der Waals surface area contributed by atoms with Gasteiger partial charge in [0.15, 0.2) is 11.6 Å². The maximum absolute atomic E-state index is 11.0. The average molecular weight is 221 g/mol. The Morgan fingerprint density at radius 3 is 2.86 bits per heavy atom. The second kappa shape index (κ2) is 4.15. The Balaban J connectivity index is 2.49. The van der Waals surface area contributed by atoms with Gasteiger partial charge in [0.1, 0.15) is 0 Å². The lowest BCUT2D eigenvalue weighted by Gasteiger charge is -2.00. The SMILES string of the molecule is O=C(O)CS(=O)(=O)NCc1ncon1. The minimum atomic E-state index is -3.83. The molecule has 0 radical (unpaired) electrons. The van der Waals surface area contributed by atoms with Gasteiger partial charge in [0, 0.05) is 0 Å². The van der Waals surface area contributed by atoms with Crippen molar-refractivity contribution < 1.29 is 22.8 Å². The van der Waals surface area contributed by atoms with Crippen LogP contribution in [0.1, 0.15) is 5.82 Å². The molecule has 0 aliphatic rings. The Morgan fingerprint density at radius 2 is 2.36 bits per heavy atom. The Kier molecular flexibility index (Phi) is 3.14. The van der Waals surface area contributed by atoms with Crippen LogP contribution in [0.25, 0.3) is 0 Å². The van der Waals surface area contributed by atoms with Crippen LogP contribution in [-0.2, 0) is 21.4 Å². The number of hydrogen-bond acceptors (Lipinski definition) is 6. The summed E-state index contributed by atoms with van der Waals surface area (Å²) in [5.74, 6) is -2.27. The largest absolute Gasteiger partial charge is 0.480 e. The summed E-state index contributed by atoms with van der Waals surface area (Å²) in [5.41, 5.74) is 0. The minimum absolute atomic E-state index is 0.138. The predicted molar refractivity (Wildman–Crippen MR) is 42.6 cm³/mol. The molecule has 0 aliphatic carbocycles. The van der Waals surface area contributed by atoms with E-state index in [1.807, 2.05) is 4.72 Å². The third kappa shape index (κ3) is 3.49. The molecule has 0 amide bonds. The number of aromatic nitrogens is 2. The van der Waals surface area contributed by atoms with Crippen LogP contribution in [0.15, 0.2) is 10.9 Å². The Morgan fingerprint density at radius 1 is 1.64 bits per heavy atom. The monoisotopic (exact) mass is 221 g/mol. The fraction of sp³-hybridized carbons (Fsp3) is 0.400. The molecule has 0 bridgehead atoms. The lowest BCUT2D eigenvalue weighted by molar-refractivity contribution is -0.134. The second-order valence-corrected chi connectivity index (χ2v) is 4.13. The zero-order valence-electron chi connectivity index (χ0n) is 6.87. The molecule has 0 saturated heterocycles. The van der Waals surface area contributed by atoms with Crippen molar-refractivity contribution in [3.05, 3.63) is 12.2 Å². The molecule has 0 spiro atoms. The molecule has 8 nitrogen and oxygen atoms in total. The topological polar surface area (TPSA) is 122 Å². The van der Waals surface area contributed by atoms with Crippen molar-refractivity contribution in [3.8, 4) is 0 Å². The first-order valence-corrected chi connectivity index (χ1v) is 5.09. The Hall–Kier alpha value is -1.48. The predicted octanol–water partition coefficient (Wildman–Crippen LogP) is -1.43. The number of rotatable bonds is 5. The van der Waals surface area contributed by atoms with Gasteiger partial charge >= 0.3 is 5.97 Å². The van der Waals surface area contributed by atoms with Crippen molar-refractivity contribution in [1.82, 2.24) is 14.9 Å². The van der Waals surface area contributed by atoms with E-state index in [4.69, 9.17) is 5.11 Å². The van der Waals surface area contributed by atoms with Crippen molar-refractivity contribution in [2.45, 2.75) is 6.54 Å². The van der Waals surface area contributed by atoms with Gasteiger partial charge in [-0.25, -0.2) is 13.1 Å². The first kappa shape index (κ1) is 10.6. The summed E-state index contributed by atoms with van der Waals surface area (Å²) >= 11 is 0. The van der Waals surface area contributed by atoms with Crippen molar-refractivity contribution in [2.75, 3.05) is 5.75 Å². The van der Waals surface area contributed by atoms with Gasteiger partial charge in [-0.2, -0.15) is 4.98 Å². The third-order valence-electron chi connectivity index (χ3n) is 1.17. The van der Waals surface area contributed by atoms with Gasteiger partial charge in [-0.15, -0.1) is 0 Å². The zero-order valence-corrected chi connectivity index (χ0v) is 7.69. The number of carboxylic acid groups (broad SMARTS) is 1. The molecule has 0 fully saturated rings. The van der Waals surface area contributed by atoms with Crippen LogP contribution in [0.2, 0.25) is 0 Å². The number of aliphatic carboxylic acids is 1. The number of nitrogens with one attached hydrogen (secondary N) is 1. The molecule has 1 heterocycles. The maximum atomic E-state index is 11.0. The van der Waals surface area contributed by atoms with E-state index in [1.165, 1.54) is 0 Å². The Labute approximate surface area is 79.0 Å². The molecule has 9 heteroatoms. The molecule has 1 rings (SSSR count). The summed E-state index contributed by atoms with van der Waals surface area (Å²) < 4.78 is 28.3. The summed E-state index contributed by atoms with van der Waals surface area (Å²) in [6.07, 6.45) is 1.04. The summed E-state index contributed by atoms with van der Waals surface area (Å²) in [5, 5.41) is 11.6. The highest BCUT2D eigenvalue weighted by Crippen LogP contribution is 1.90. The number of sulfonamides is 1. The smallest absolute Gasteiger partial charge is 0.320 e. The molecule has 0 saturated carbocycles. The highest BCUT2D eigenvalue weighted by atomic mass is 32.2. The van der Waals surface area contributed by atoms with E-state index >= 15 is 0 Å². The lowest BCUT2D eigenvalue weighted by Crippen LogP contribution is -2.29. The number of carbonyl (C=O) groups is 1. The number of hydrogen-bond donors (Lipinski definition) is 2. The quantitative estimate of drug-likeness (QED) is 0.625. The van der Waals surface area contributed by atoms with E-state index in [2.05, 4.69) is 14.7 Å². The molecule has 2 N–H and O–H groups in total. The van der Waals surface area contributed by atoms with E-state index in [9.17, 15) is 13.2 Å². The fourth-order valence-corrected chi connectivity index (χ4v) is 1.43.